The molecule has 2 rings (SSSR count). The van der Waals surface area contributed by atoms with Crippen molar-refractivity contribution in [2.24, 2.45) is 0 Å². The highest BCUT2D eigenvalue weighted by Gasteiger charge is 2.09. The molecular formula is C12H16N4. The lowest BCUT2D eigenvalue weighted by atomic mass is 10.1. The summed E-state index contributed by atoms with van der Waals surface area (Å²) >= 11 is 0. The first-order valence-corrected chi connectivity index (χ1v) is 5.34. The molecule has 4 heteroatoms. The number of aromatic nitrogens is 3. The van der Waals surface area contributed by atoms with Gasteiger partial charge in [0, 0.05) is 30.2 Å². The lowest BCUT2D eigenvalue weighted by Gasteiger charge is -2.12. The van der Waals surface area contributed by atoms with Crippen molar-refractivity contribution in [3.8, 4) is 5.82 Å². The minimum Gasteiger partial charge on any atom is -0.316 e. The summed E-state index contributed by atoms with van der Waals surface area (Å²) in [6.45, 7) is 4.91. The van der Waals surface area contributed by atoms with Crippen LogP contribution in [0.2, 0.25) is 0 Å². The van der Waals surface area contributed by atoms with E-state index in [9.17, 15) is 0 Å². The molecule has 0 aromatic carbocycles. The summed E-state index contributed by atoms with van der Waals surface area (Å²) in [5.74, 6) is 0.914. The molecule has 0 radical (unpaired) electrons. The van der Waals surface area contributed by atoms with E-state index in [0.717, 1.165) is 18.1 Å². The largest absolute Gasteiger partial charge is 0.316 e. The molecule has 0 aliphatic carbocycles. The summed E-state index contributed by atoms with van der Waals surface area (Å²) in [5, 5.41) is 7.40. The van der Waals surface area contributed by atoms with Crippen molar-refractivity contribution in [3.05, 3.63) is 41.3 Å². The molecule has 2 heterocycles. The Balaban J connectivity index is 2.57. The summed E-state index contributed by atoms with van der Waals surface area (Å²) in [5.41, 5.74) is 3.45. The Kier molecular flexibility index (Phi) is 3.01. The highest BCUT2D eigenvalue weighted by Crippen LogP contribution is 2.16. The average Bonchev–Trinajstić information content (AvgIpc) is 2.75. The van der Waals surface area contributed by atoms with Gasteiger partial charge < -0.3 is 5.32 Å². The highest BCUT2D eigenvalue weighted by atomic mass is 15.3. The van der Waals surface area contributed by atoms with Gasteiger partial charge in [-0.2, -0.15) is 5.10 Å². The molecule has 0 saturated heterocycles. The van der Waals surface area contributed by atoms with Crippen LogP contribution >= 0.6 is 0 Å². The molecule has 2 aromatic rings. The lowest BCUT2D eigenvalue weighted by molar-refractivity contribution is 0.762. The first kappa shape index (κ1) is 10.8. The van der Waals surface area contributed by atoms with Crippen molar-refractivity contribution in [2.45, 2.75) is 20.4 Å². The summed E-state index contributed by atoms with van der Waals surface area (Å²) < 4.78 is 1.81. The van der Waals surface area contributed by atoms with Gasteiger partial charge in [0.05, 0.1) is 0 Å². The van der Waals surface area contributed by atoms with Crippen LogP contribution in [0.4, 0.5) is 0 Å². The number of pyridine rings is 1. The second-order valence-electron chi connectivity index (χ2n) is 3.86. The molecule has 0 aliphatic rings. The van der Waals surface area contributed by atoms with Crippen molar-refractivity contribution in [1.82, 2.24) is 20.1 Å². The Labute approximate surface area is 95.3 Å². The van der Waals surface area contributed by atoms with Gasteiger partial charge in [-0.1, -0.05) is 0 Å². The zero-order chi connectivity index (χ0) is 11.5. The van der Waals surface area contributed by atoms with Crippen LogP contribution in [0.3, 0.4) is 0 Å². The van der Waals surface area contributed by atoms with Crippen LogP contribution in [-0.2, 0) is 6.54 Å². The smallest absolute Gasteiger partial charge is 0.158 e. The molecule has 84 valence electrons. The normalized spacial score (nSPS) is 10.7. The van der Waals surface area contributed by atoms with E-state index < -0.39 is 0 Å². The summed E-state index contributed by atoms with van der Waals surface area (Å²) in [4.78, 5) is 4.56. The number of nitrogens with zero attached hydrogens (tertiary/aromatic N) is 3. The van der Waals surface area contributed by atoms with Crippen LogP contribution in [0, 0.1) is 13.8 Å². The molecule has 0 fully saturated rings. The lowest BCUT2D eigenvalue weighted by Crippen LogP contribution is -2.13. The molecule has 0 unspecified atom stereocenters. The SMILES string of the molecule is CNCc1c(C)cc(C)nc1-n1cccn1. The minimum absolute atomic E-state index is 0.800. The fourth-order valence-electron chi connectivity index (χ4n) is 1.82. The average molecular weight is 216 g/mol. The molecule has 0 bridgehead atoms. The molecule has 16 heavy (non-hydrogen) atoms. The second-order valence-corrected chi connectivity index (χ2v) is 3.86. The topological polar surface area (TPSA) is 42.7 Å². The number of aryl methyl sites for hydroxylation is 2. The monoisotopic (exact) mass is 216 g/mol. The fourth-order valence-corrected chi connectivity index (χ4v) is 1.82. The van der Waals surface area contributed by atoms with Gasteiger partial charge in [0.15, 0.2) is 5.82 Å². The van der Waals surface area contributed by atoms with Gasteiger partial charge in [-0.3, -0.25) is 0 Å². The predicted octanol–water partition coefficient (Wildman–Crippen LogP) is 1.60. The van der Waals surface area contributed by atoms with E-state index in [-0.39, 0.29) is 0 Å². The number of hydrogen-bond acceptors (Lipinski definition) is 3. The Hall–Kier alpha value is -1.68. The Morgan fingerprint density at radius 1 is 1.38 bits per heavy atom. The molecule has 0 aliphatic heterocycles. The van der Waals surface area contributed by atoms with Crippen LogP contribution in [-0.4, -0.2) is 21.8 Å². The van der Waals surface area contributed by atoms with E-state index >= 15 is 0 Å². The second kappa shape index (κ2) is 4.45. The van der Waals surface area contributed by atoms with Gasteiger partial charge in [0.25, 0.3) is 0 Å². The first-order chi connectivity index (χ1) is 7.72. The van der Waals surface area contributed by atoms with Crippen molar-refractivity contribution in [3.63, 3.8) is 0 Å². The van der Waals surface area contributed by atoms with E-state index in [1.54, 1.807) is 6.20 Å². The standard InChI is InChI=1S/C12H16N4/c1-9-7-10(2)15-12(11(9)8-13-3)16-6-4-5-14-16/h4-7,13H,8H2,1-3H3. The zero-order valence-corrected chi connectivity index (χ0v) is 9.86. The summed E-state index contributed by atoms with van der Waals surface area (Å²) in [7, 11) is 1.94. The Bertz CT molecular complexity index is 474. The molecule has 4 nitrogen and oxygen atoms in total. The van der Waals surface area contributed by atoms with Gasteiger partial charge in [0.2, 0.25) is 0 Å². The van der Waals surface area contributed by atoms with Crippen molar-refractivity contribution >= 4 is 0 Å². The van der Waals surface area contributed by atoms with E-state index in [1.165, 1.54) is 11.1 Å². The van der Waals surface area contributed by atoms with Gasteiger partial charge in [-0.15, -0.1) is 0 Å². The van der Waals surface area contributed by atoms with Crippen LogP contribution in [0.25, 0.3) is 5.82 Å². The molecule has 0 amide bonds. The van der Waals surface area contributed by atoms with E-state index in [1.807, 2.05) is 30.9 Å². The van der Waals surface area contributed by atoms with Gasteiger partial charge in [-0.25, -0.2) is 9.67 Å². The highest BCUT2D eigenvalue weighted by molar-refractivity contribution is 5.40. The van der Waals surface area contributed by atoms with Crippen LogP contribution in [0.1, 0.15) is 16.8 Å². The Morgan fingerprint density at radius 2 is 2.19 bits per heavy atom. The molecule has 0 spiro atoms. The van der Waals surface area contributed by atoms with Crippen LogP contribution < -0.4 is 5.32 Å². The molecule has 1 N–H and O–H groups in total. The molecular weight excluding hydrogens is 200 g/mol. The predicted molar refractivity (Wildman–Crippen MR) is 63.6 cm³/mol. The number of rotatable bonds is 3. The summed E-state index contributed by atoms with van der Waals surface area (Å²) in [6.07, 6.45) is 3.68. The maximum absolute atomic E-state index is 4.56. The zero-order valence-electron chi connectivity index (χ0n) is 9.86. The van der Waals surface area contributed by atoms with E-state index in [0.29, 0.717) is 0 Å². The maximum atomic E-state index is 4.56. The first-order valence-electron chi connectivity index (χ1n) is 5.34. The van der Waals surface area contributed by atoms with Crippen molar-refractivity contribution in [1.29, 1.82) is 0 Å². The quantitative estimate of drug-likeness (QED) is 0.847. The van der Waals surface area contributed by atoms with E-state index in [4.69, 9.17) is 0 Å². The van der Waals surface area contributed by atoms with Gasteiger partial charge in [-0.05, 0) is 38.6 Å². The van der Waals surface area contributed by atoms with Crippen molar-refractivity contribution < 1.29 is 0 Å². The Morgan fingerprint density at radius 3 is 2.81 bits per heavy atom. The van der Waals surface area contributed by atoms with Gasteiger partial charge in [0.1, 0.15) is 0 Å². The molecule has 0 atom stereocenters. The van der Waals surface area contributed by atoms with Gasteiger partial charge >= 0.3 is 0 Å². The third kappa shape index (κ3) is 1.97. The third-order valence-electron chi connectivity index (χ3n) is 2.53. The van der Waals surface area contributed by atoms with Crippen molar-refractivity contribution in [2.75, 3.05) is 7.05 Å². The van der Waals surface area contributed by atoms with E-state index in [2.05, 4.69) is 28.4 Å². The third-order valence-corrected chi connectivity index (χ3v) is 2.53. The molecule has 2 aromatic heterocycles. The molecule has 0 saturated carbocycles. The summed E-state index contributed by atoms with van der Waals surface area (Å²) in [6, 6.07) is 4.00. The fraction of sp³-hybridized carbons (Fsp3) is 0.333. The maximum Gasteiger partial charge on any atom is 0.158 e. The number of hydrogen-bond donors (Lipinski definition) is 1. The van der Waals surface area contributed by atoms with Crippen LogP contribution in [0.5, 0.6) is 0 Å². The number of nitrogens with one attached hydrogen (secondary N) is 1. The minimum atomic E-state index is 0.800. The van der Waals surface area contributed by atoms with Crippen LogP contribution in [0.15, 0.2) is 24.5 Å².